The third kappa shape index (κ3) is 9.70. The zero-order valence-electron chi connectivity index (χ0n) is 25.1. The summed E-state index contributed by atoms with van der Waals surface area (Å²) in [6.07, 6.45) is -4.65. The Morgan fingerprint density at radius 2 is 1.41 bits per heavy atom. The van der Waals surface area contributed by atoms with E-state index in [9.17, 15) is 18.0 Å². The van der Waals surface area contributed by atoms with Crippen molar-refractivity contribution in [2.24, 2.45) is 5.41 Å². The Hall–Kier alpha value is -3.18. The van der Waals surface area contributed by atoms with E-state index >= 15 is 0 Å². The third-order valence-electron chi connectivity index (χ3n) is 6.02. The summed E-state index contributed by atoms with van der Waals surface area (Å²) in [5, 5.41) is 4.09. The maximum atomic E-state index is 13.6. The minimum atomic E-state index is -4.65. The number of benzene rings is 2. The molecule has 0 amide bonds. The van der Waals surface area contributed by atoms with Gasteiger partial charge in [-0.1, -0.05) is 36.4 Å². The van der Waals surface area contributed by atoms with Crippen LogP contribution in [-0.4, -0.2) is 47.6 Å². The summed E-state index contributed by atoms with van der Waals surface area (Å²) < 4.78 is 58.4. The lowest BCUT2D eigenvalue weighted by Crippen LogP contribution is -2.37. The fraction of sp³-hybridized carbons (Fsp3) is 0.500. The Morgan fingerprint density at radius 1 is 0.878 bits per heavy atom. The van der Waals surface area contributed by atoms with E-state index in [0.717, 1.165) is 21.9 Å². The van der Waals surface area contributed by atoms with Crippen LogP contribution in [0.3, 0.4) is 0 Å². The Labute approximate surface area is 241 Å². The van der Waals surface area contributed by atoms with Crippen LogP contribution in [0.2, 0.25) is 25.7 Å². The van der Waals surface area contributed by atoms with Crippen LogP contribution in [0.25, 0.3) is 22.5 Å². The molecule has 0 aliphatic rings. The molecule has 3 aromatic rings. The Balaban J connectivity index is 1.67. The number of rotatable bonds is 11. The van der Waals surface area contributed by atoms with Crippen molar-refractivity contribution < 1.29 is 32.2 Å². The van der Waals surface area contributed by atoms with Gasteiger partial charge in [-0.3, -0.25) is 4.79 Å². The molecule has 3 rings (SSSR count). The summed E-state index contributed by atoms with van der Waals surface area (Å²) in [6.45, 7) is 15.7. The average Bonchev–Trinajstić information content (AvgIpc) is 3.29. The van der Waals surface area contributed by atoms with E-state index in [1.54, 1.807) is 50.2 Å². The van der Waals surface area contributed by atoms with Gasteiger partial charge in [0.05, 0.1) is 5.41 Å². The van der Waals surface area contributed by atoms with Crippen LogP contribution in [0.5, 0.6) is 5.75 Å². The van der Waals surface area contributed by atoms with E-state index in [4.69, 9.17) is 14.2 Å². The summed E-state index contributed by atoms with van der Waals surface area (Å²) in [6, 6.07) is 15.2. The molecule has 0 spiro atoms. The molecule has 1 heterocycles. The normalized spacial score (nSPS) is 12.9. The Bertz CT molecular complexity index is 1310. The van der Waals surface area contributed by atoms with Crippen molar-refractivity contribution in [1.82, 2.24) is 14.8 Å². The molecule has 0 atom stereocenters. The number of nitrogens with zero attached hydrogens (tertiary/aromatic N) is 3. The van der Waals surface area contributed by atoms with Gasteiger partial charge >= 0.3 is 12.1 Å². The highest BCUT2D eigenvalue weighted by atomic mass is 28.3. The maximum Gasteiger partial charge on any atom is 0.451 e. The molecule has 0 radical (unpaired) electrons. The molecule has 0 fully saturated rings. The number of aromatic nitrogens is 3. The van der Waals surface area contributed by atoms with Crippen LogP contribution < -0.4 is 4.74 Å². The van der Waals surface area contributed by atoms with Gasteiger partial charge in [-0.15, -0.1) is 19.2 Å². The van der Waals surface area contributed by atoms with Gasteiger partial charge in [0.1, 0.15) is 24.7 Å². The predicted octanol–water partition coefficient (Wildman–Crippen LogP) is 7.69. The first kappa shape index (κ1) is 32.3. The number of ether oxygens (including phenoxy) is 3. The van der Waals surface area contributed by atoms with E-state index < -0.39 is 31.1 Å². The van der Waals surface area contributed by atoms with Crippen molar-refractivity contribution in [2.45, 2.75) is 78.8 Å². The first-order chi connectivity index (χ1) is 18.8. The number of hydrogen-bond donors (Lipinski definition) is 0. The second-order valence-corrected chi connectivity index (χ2v) is 18.5. The average molecular weight is 592 g/mol. The second kappa shape index (κ2) is 12.4. The van der Waals surface area contributed by atoms with Crippen molar-refractivity contribution in [3.63, 3.8) is 0 Å². The van der Waals surface area contributed by atoms with E-state index in [-0.39, 0.29) is 25.1 Å². The zero-order valence-corrected chi connectivity index (χ0v) is 26.1. The SMILES string of the molecule is CC(C)(C)OC(=O)C(C)(C)COc1ccc(-c2ccc(-c3nc(C(F)(F)F)n(COCC[Si-](C)(C)C)n3)cc2)cc1. The number of esters is 1. The van der Waals surface area contributed by atoms with Crippen molar-refractivity contribution >= 4 is 14.0 Å². The summed E-state index contributed by atoms with van der Waals surface area (Å²) in [5.41, 5.74) is 0.808. The van der Waals surface area contributed by atoms with Gasteiger partial charge in [-0.05, 0) is 57.9 Å². The van der Waals surface area contributed by atoms with E-state index in [0.29, 0.717) is 17.9 Å². The number of carbonyl (C=O) groups is 1. The van der Waals surface area contributed by atoms with Crippen molar-refractivity contribution in [3.05, 3.63) is 54.4 Å². The predicted molar refractivity (Wildman–Crippen MR) is 155 cm³/mol. The summed E-state index contributed by atoms with van der Waals surface area (Å²) >= 11 is 0. The summed E-state index contributed by atoms with van der Waals surface area (Å²) in [5.74, 6) is -0.842. The smallest absolute Gasteiger partial charge is 0.451 e. The van der Waals surface area contributed by atoms with Gasteiger partial charge in [0.2, 0.25) is 5.82 Å². The minimum Gasteiger partial charge on any atom is -0.492 e. The highest BCUT2D eigenvalue weighted by molar-refractivity contribution is 6.76. The molecule has 0 aliphatic carbocycles. The molecule has 0 bridgehead atoms. The van der Waals surface area contributed by atoms with Crippen LogP contribution in [0.15, 0.2) is 48.5 Å². The topological polar surface area (TPSA) is 75.5 Å². The molecule has 41 heavy (non-hydrogen) atoms. The van der Waals surface area contributed by atoms with Gasteiger partial charge in [-0.2, -0.15) is 32.8 Å². The third-order valence-corrected chi connectivity index (χ3v) is 7.72. The van der Waals surface area contributed by atoms with E-state index in [2.05, 4.69) is 29.7 Å². The van der Waals surface area contributed by atoms with Crippen molar-refractivity contribution in [1.29, 1.82) is 0 Å². The van der Waals surface area contributed by atoms with Crippen LogP contribution in [0.4, 0.5) is 13.2 Å². The fourth-order valence-electron chi connectivity index (χ4n) is 3.59. The number of hydrogen-bond acceptors (Lipinski definition) is 6. The monoisotopic (exact) mass is 591 g/mol. The lowest BCUT2D eigenvalue weighted by atomic mass is 9.94. The Kier molecular flexibility index (Phi) is 9.75. The first-order valence-electron chi connectivity index (χ1n) is 13.5. The second-order valence-electron chi connectivity index (χ2n) is 12.9. The summed E-state index contributed by atoms with van der Waals surface area (Å²) in [4.78, 5) is 16.2. The fourth-order valence-corrected chi connectivity index (χ4v) is 4.34. The molecule has 2 aromatic carbocycles. The number of carbonyl (C=O) groups excluding carboxylic acids is 1. The standard InChI is InChI=1S/C30H40F3N3O4Si/c1-28(2,3)40-27(37)29(4,5)19-39-24-15-13-22(14-16-24)21-9-11-23(12-10-21)25-34-26(30(31,32)33)36(35-25)20-38-17-18-41(6,7)8/h9-16H,17-20H2,1-8H3/q-1. The van der Waals surface area contributed by atoms with Crippen molar-refractivity contribution in [2.75, 3.05) is 13.2 Å². The lowest BCUT2D eigenvalue weighted by Gasteiger charge is -2.28. The molecule has 11 heteroatoms. The molecule has 7 nitrogen and oxygen atoms in total. The van der Waals surface area contributed by atoms with Gasteiger partial charge < -0.3 is 14.2 Å². The maximum absolute atomic E-state index is 13.6. The van der Waals surface area contributed by atoms with Gasteiger partial charge in [0.15, 0.2) is 5.82 Å². The van der Waals surface area contributed by atoms with E-state index in [1.807, 2.05) is 32.9 Å². The molecule has 0 saturated heterocycles. The minimum absolute atomic E-state index is 0.0194. The van der Waals surface area contributed by atoms with Crippen LogP contribution in [-0.2, 0) is 27.2 Å². The highest BCUT2D eigenvalue weighted by Crippen LogP contribution is 2.31. The molecule has 0 aliphatic heterocycles. The molecule has 0 saturated carbocycles. The van der Waals surface area contributed by atoms with E-state index in [1.165, 1.54) is 0 Å². The first-order valence-corrected chi connectivity index (χ1v) is 17.2. The van der Waals surface area contributed by atoms with Gasteiger partial charge in [0.25, 0.3) is 0 Å². The number of halogens is 3. The Morgan fingerprint density at radius 3 is 1.93 bits per heavy atom. The van der Waals surface area contributed by atoms with Crippen molar-refractivity contribution in [3.8, 4) is 28.3 Å². The zero-order chi connectivity index (χ0) is 30.6. The molecule has 225 valence electrons. The van der Waals surface area contributed by atoms with Crippen LogP contribution in [0.1, 0.15) is 40.4 Å². The summed E-state index contributed by atoms with van der Waals surface area (Å²) in [7, 11) is -1.37. The molecule has 1 aromatic heterocycles. The van der Waals surface area contributed by atoms with Crippen LogP contribution in [0, 0.1) is 5.41 Å². The highest BCUT2D eigenvalue weighted by Gasteiger charge is 2.38. The van der Waals surface area contributed by atoms with Gasteiger partial charge in [0, 0.05) is 12.2 Å². The molecular formula is C30H40F3N3O4Si-. The molecule has 0 unspecified atom stereocenters. The molecule has 0 N–H and O–H groups in total. The van der Waals surface area contributed by atoms with Gasteiger partial charge in [-0.25, -0.2) is 9.67 Å². The van der Waals surface area contributed by atoms with Crippen LogP contribution >= 0.6 is 0 Å². The largest absolute Gasteiger partial charge is 0.492 e. The lowest BCUT2D eigenvalue weighted by molar-refractivity contribution is -0.167. The number of alkyl halides is 3. The molecular weight excluding hydrogens is 551 g/mol. The quantitative estimate of drug-likeness (QED) is 0.129.